The zero-order valence-corrected chi connectivity index (χ0v) is 17.7. The molecule has 1 saturated heterocycles. The van der Waals surface area contributed by atoms with Gasteiger partial charge in [0.05, 0.1) is 26.2 Å². The first-order chi connectivity index (χ1) is 13.8. The van der Waals surface area contributed by atoms with Crippen LogP contribution in [-0.4, -0.2) is 29.2 Å². The maximum absolute atomic E-state index is 3.65. The average molecular weight is 439 g/mol. The minimum Gasteiger partial charge on any atom is -0.335 e. The number of aryl methyl sites for hydroxylation is 1. The number of imidazole rings is 2. The molecule has 2 N–H and O–H groups in total. The Morgan fingerprint density at radius 1 is 1.00 bits per heavy atom. The van der Waals surface area contributed by atoms with Crippen LogP contribution in [0.4, 0.5) is 0 Å². The Hall–Kier alpha value is -2.11. The van der Waals surface area contributed by atoms with Gasteiger partial charge in [0.1, 0.15) is 22.9 Å². The number of hydrogen-bond donors (Lipinski definition) is 2. The summed E-state index contributed by atoms with van der Waals surface area (Å²) in [4.78, 5) is 5.43. The summed E-state index contributed by atoms with van der Waals surface area (Å²) in [5, 5.41) is 0. The number of halogens is 1. The Morgan fingerprint density at radius 2 is 1.79 bits per heavy atom. The van der Waals surface area contributed by atoms with Crippen LogP contribution in [0.3, 0.4) is 0 Å². The molecule has 4 nitrogen and oxygen atoms in total. The fraction of sp³-hybridized carbons (Fsp3) is 0.348. The summed E-state index contributed by atoms with van der Waals surface area (Å²) in [5.41, 5.74) is 4.96. The minimum absolute atomic E-state index is 1.04. The number of benzene rings is 2. The van der Waals surface area contributed by atoms with E-state index >= 15 is 0 Å². The third-order valence-corrected chi connectivity index (χ3v) is 6.58. The second kappa shape index (κ2) is 7.72. The number of quaternary nitrogens is 1. The van der Waals surface area contributed by atoms with Crippen molar-refractivity contribution in [2.45, 2.75) is 32.2 Å². The fourth-order valence-electron chi connectivity index (χ4n) is 4.58. The van der Waals surface area contributed by atoms with Gasteiger partial charge in [0.25, 0.3) is 0 Å². The van der Waals surface area contributed by atoms with E-state index in [2.05, 4.69) is 84.6 Å². The molecule has 2 aromatic heterocycles. The van der Waals surface area contributed by atoms with Crippen molar-refractivity contribution in [2.24, 2.45) is 0 Å². The number of para-hydroxylation sites is 2. The molecule has 5 heteroatoms. The second-order valence-corrected chi connectivity index (χ2v) is 8.84. The van der Waals surface area contributed by atoms with E-state index in [0.29, 0.717) is 0 Å². The number of nitrogens with zero attached hydrogens (tertiary/aromatic N) is 2. The highest BCUT2D eigenvalue weighted by atomic mass is 79.9. The van der Waals surface area contributed by atoms with E-state index in [1.807, 2.05) is 0 Å². The predicted molar refractivity (Wildman–Crippen MR) is 117 cm³/mol. The molecule has 0 aliphatic carbocycles. The summed E-state index contributed by atoms with van der Waals surface area (Å²) >= 11 is 3.56. The van der Waals surface area contributed by atoms with Crippen molar-refractivity contribution < 1.29 is 9.30 Å². The first kappa shape index (κ1) is 18.0. The van der Waals surface area contributed by atoms with Gasteiger partial charge < -0.3 is 4.90 Å². The van der Waals surface area contributed by atoms with E-state index in [4.69, 9.17) is 0 Å². The number of aromatic amines is 1. The van der Waals surface area contributed by atoms with Gasteiger partial charge in [-0.1, -0.05) is 40.2 Å². The van der Waals surface area contributed by atoms with Crippen molar-refractivity contribution in [1.29, 1.82) is 0 Å². The highest BCUT2D eigenvalue weighted by Gasteiger charge is 2.22. The number of fused-ring (bicyclic) bond motifs is 3. The van der Waals surface area contributed by atoms with Crippen LogP contribution < -0.4 is 9.30 Å². The van der Waals surface area contributed by atoms with Crippen LogP contribution in [0.25, 0.3) is 28.1 Å². The topological polar surface area (TPSA) is 29.3 Å². The Balaban J connectivity index is 1.51. The van der Waals surface area contributed by atoms with Gasteiger partial charge in [0.2, 0.25) is 0 Å². The van der Waals surface area contributed by atoms with Crippen LogP contribution in [0, 0.1) is 0 Å². The maximum Gasteiger partial charge on any atom is 0.368 e. The molecule has 1 fully saturated rings. The average Bonchev–Trinajstić information content (AvgIpc) is 3.26. The van der Waals surface area contributed by atoms with Crippen molar-refractivity contribution >= 4 is 32.7 Å². The smallest absolute Gasteiger partial charge is 0.335 e. The van der Waals surface area contributed by atoms with Gasteiger partial charge in [0, 0.05) is 16.5 Å². The summed E-state index contributed by atoms with van der Waals surface area (Å²) in [6.07, 6.45) is 7.70. The number of likely N-dealkylation sites (tertiary alicyclic amines) is 1. The summed E-state index contributed by atoms with van der Waals surface area (Å²) in [7, 11) is 0. The summed E-state index contributed by atoms with van der Waals surface area (Å²) in [6, 6.07) is 17.2. The number of piperidine rings is 1. The van der Waals surface area contributed by atoms with Crippen LogP contribution >= 0.6 is 15.9 Å². The molecule has 0 saturated carbocycles. The van der Waals surface area contributed by atoms with E-state index in [1.165, 1.54) is 73.4 Å². The lowest BCUT2D eigenvalue weighted by molar-refractivity contribution is -0.905. The molecule has 0 radical (unpaired) electrons. The lowest BCUT2D eigenvalue weighted by Crippen LogP contribution is -3.12. The Labute approximate surface area is 173 Å². The van der Waals surface area contributed by atoms with Gasteiger partial charge in [-0.3, -0.25) is 0 Å². The van der Waals surface area contributed by atoms with Crippen LogP contribution in [0.2, 0.25) is 0 Å². The molecule has 5 rings (SSSR count). The zero-order valence-electron chi connectivity index (χ0n) is 16.1. The van der Waals surface area contributed by atoms with Crippen LogP contribution in [0.5, 0.6) is 0 Å². The summed E-state index contributed by atoms with van der Waals surface area (Å²) in [5.74, 6) is 1.17. The first-order valence-electron chi connectivity index (χ1n) is 10.4. The van der Waals surface area contributed by atoms with Gasteiger partial charge in [0.15, 0.2) is 0 Å². The molecule has 1 aliphatic heterocycles. The molecular formula is C23H27BrN4+2. The number of rotatable bonds is 5. The van der Waals surface area contributed by atoms with Gasteiger partial charge in [-0.25, -0.2) is 9.55 Å². The Morgan fingerprint density at radius 3 is 2.61 bits per heavy atom. The van der Waals surface area contributed by atoms with Gasteiger partial charge in [-0.05, 0) is 43.5 Å². The molecule has 0 atom stereocenters. The van der Waals surface area contributed by atoms with E-state index in [9.17, 15) is 0 Å². The van der Waals surface area contributed by atoms with E-state index < -0.39 is 0 Å². The number of H-pyrrole nitrogens is 1. The Bertz CT molecular complexity index is 1090. The third kappa shape index (κ3) is 3.38. The van der Waals surface area contributed by atoms with Crippen LogP contribution in [0.1, 0.15) is 25.7 Å². The van der Waals surface area contributed by atoms with E-state index in [1.54, 1.807) is 4.90 Å². The molecule has 1 aliphatic rings. The molecule has 0 unspecified atom stereocenters. The zero-order chi connectivity index (χ0) is 18.9. The second-order valence-electron chi connectivity index (χ2n) is 7.92. The van der Waals surface area contributed by atoms with Crippen molar-refractivity contribution in [3.05, 3.63) is 59.2 Å². The number of nitrogens with one attached hydrogen (secondary N) is 2. The summed E-state index contributed by atoms with van der Waals surface area (Å²) < 4.78 is 5.89. The van der Waals surface area contributed by atoms with E-state index in [0.717, 1.165) is 11.0 Å². The highest BCUT2D eigenvalue weighted by Crippen LogP contribution is 2.24. The molecule has 0 spiro atoms. The maximum atomic E-state index is 3.65. The fourth-order valence-corrected chi connectivity index (χ4v) is 4.85. The lowest BCUT2D eigenvalue weighted by atomic mass is 10.1. The molecule has 0 amide bonds. The first-order valence-corrected chi connectivity index (χ1v) is 11.2. The van der Waals surface area contributed by atoms with Crippen molar-refractivity contribution in [1.82, 2.24) is 9.55 Å². The number of aromatic nitrogens is 3. The number of hydrogen-bond acceptors (Lipinski definition) is 0. The molecular weight excluding hydrogens is 412 g/mol. The standard InChI is InChI=1S/C23H25BrN4/c24-19-11-9-18(10-12-19)22-17-28-21-8-3-2-7-20(21)25-23(28)27(22)16-6-15-26-13-4-1-5-14-26/h2-3,7-12,17H,1,4-6,13-16H2/p+2. The lowest BCUT2D eigenvalue weighted by Gasteiger charge is -2.23. The summed E-state index contributed by atoms with van der Waals surface area (Å²) in [6.45, 7) is 5.01. The van der Waals surface area contributed by atoms with Crippen molar-refractivity contribution in [3.63, 3.8) is 0 Å². The van der Waals surface area contributed by atoms with Gasteiger partial charge in [-0.2, -0.15) is 4.40 Å². The molecule has 3 heterocycles. The van der Waals surface area contributed by atoms with E-state index in [-0.39, 0.29) is 0 Å². The molecule has 4 aromatic rings. The van der Waals surface area contributed by atoms with Crippen molar-refractivity contribution in [2.75, 3.05) is 19.6 Å². The normalized spacial score (nSPS) is 15.6. The van der Waals surface area contributed by atoms with Gasteiger partial charge in [-0.15, -0.1) is 0 Å². The highest BCUT2D eigenvalue weighted by molar-refractivity contribution is 9.10. The quantitative estimate of drug-likeness (QED) is 0.445. The minimum atomic E-state index is 1.04. The van der Waals surface area contributed by atoms with Gasteiger partial charge >= 0.3 is 5.78 Å². The largest absolute Gasteiger partial charge is 0.368 e. The predicted octanol–water partition coefficient (Wildman–Crippen LogP) is 3.60. The third-order valence-electron chi connectivity index (χ3n) is 6.05. The van der Waals surface area contributed by atoms with Crippen molar-refractivity contribution in [3.8, 4) is 11.3 Å². The molecule has 2 aromatic carbocycles. The molecule has 28 heavy (non-hydrogen) atoms. The Kier molecular flexibility index (Phi) is 4.95. The molecule has 144 valence electrons. The monoisotopic (exact) mass is 438 g/mol. The van der Waals surface area contributed by atoms with Crippen LogP contribution in [-0.2, 0) is 6.54 Å². The molecule has 0 bridgehead atoms. The van der Waals surface area contributed by atoms with Crippen LogP contribution in [0.15, 0.2) is 59.2 Å². The SMILES string of the molecule is Brc1ccc(-c2c[n+]3c4ccccc4[nH]c3n2CCC[NH+]2CCCCC2)cc1.